The maximum Gasteiger partial charge on any atom is 0.153 e. The van der Waals surface area contributed by atoms with Crippen molar-refractivity contribution >= 4 is 23.0 Å². The van der Waals surface area contributed by atoms with Crippen LogP contribution in [0.15, 0.2) is 30.3 Å². The van der Waals surface area contributed by atoms with Gasteiger partial charge in [0.25, 0.3) is 0 Å². The van der Waals surface area contributed by atoms with Crippen molar-refractivity contribution in [3.8, 4) is 0 Å². The van der Waals surface area contributed by atoms with Gasteiger partial charge in [-0.1, -0.05) is 38.5 Å². The summed E-state index contributed by atoms with van der Waals surface area (Å²) in [5.74, 6) is 0.849. The zero-order valence-electron chi connectivity index (χ0n) is 12.8. The number of benzene rings is 1. The first kappa shape index (κ1) is 14.1. The quantitative estimate of drug-likeness (QED) is 0.796. The molecule has 1 aromatic carbocycles. The first-order valence-electron chi connectivity index (χ1n) is 7.75. The largest absolute Gasteiger partial charge is 0.356 e. The fraction of sp³-hybridized carbons (Fsp3) is 0.444. The predicted molar refractivity (Wildman–Crippen MR) is 87.0 cm³/mol. The Hall–Kier alpha value is -1.90. The first-order chi connectivity index (χ1) is 10.1. The van der Waals surface area contributed by atoms with Gasteiger partial charge in [0.05, 0.1) is 11.1 Å². The van der Waals surface area contributed by atoms with E-state index in [1.54, 1.807) is 0 Å². The van der Waals surface area contributed by atoms with Crippen LogP contribution in [-0.2, 0) is 0 Å². The zero-order chi connectivity index (χ0) is 14.9. The molecular weight excluding hydrogens is 260 g/mol. The summed E-state index contributed by atoms with van der Waals surface area (Å²) in [6.45, 7) is 6.59. The van der Waals surface area contributed by atoms with Crippen molar-refractivity contribution in [3.63, 3.8) is 0 Å². The normalized spacial score (nSPS) is 17.9. The molecule has 0 spiro atoms. The summed E-state index contributed by atoms with van der Waals surface area (Å²) in [6.07, 6.45) is 4.47. The van der Waals surface area contributed by atoms with E-state index < -0.39 is 0 Å². The average Bonchev–Trinajstić information content (AvgIpc) is 2.54. The number of hydrogen-bond acceptors (Lipinski definition) is 3. The zero-order valence-corrected chi connectivity index (χ0v) is 12.8. The van der Waals surface area contributed by atoms with Crippen molar-refractivity contribution in [3.05, 3.63) is 35.9 Å². The van der Waals surface area contributed by atoms with Crippen molar-refractivity contribution < 1.29 is 4.79 Å². The molecule has 1 saturated heterocycles. The topological polar surface area (TPSA) is 33.2 Å². The van der Waals surface area contributed by atoms with Crippen LogP contribution in [0.5, 0.6) is 0 Å². The predicted octanol–water partition coefficient (Wildman–Crippen LogP) is 4.06. The molecule has 1 fully saturated rings. The molecule has 3 heteroatoms. The van der Waals surface area contributed by atoms with Crippen LogP contribution in [0, 0.1) is 5.41 Å². The van der Waals surface area contributed by atoms with E-state index in [9.17, 15) is 4.79 Å². The smallest absolute Gasteiger partial charge is 0.153 e. The number of rotatable bonds is 3. The molecule has 110 valence electrons. The number of hydrogen-bond donors (Lipinski definition) is 0. The molecule has 1 aromatic heterocycles. The molecule has 0 unspecified atom stereocenters. The fourth-order valence-electron chi connectivity index (χ4n) is 3.07. The lowest BCUT2D eigenvalue weighted by atomic mass is 9.78. The van der Waals surface area contributed by atoms with Gasteiger partial charge in [-0.25, -0.2) is 4.98 Å². The number of carbonyl (C=O) groups excluding carboxylic acids is 1. The molecule has 0 aliphatic carbocycles. The molecule has 0 radical (unpaired) electrons. The van der Waals surface area contributed by atoms with E-state index in [0.717, 1.165) is 48.9 Å². The molecule has 1 aliphatic rings. The maximum atomic E-state index is 11.4. The van der Waals surface area contributed by atoms with E-state index in [1.807, 2.05) is 30.3 Å². The number of nitrogens with zero attached hydrogens (tertiary/aromatic N) is 2. The molecule has 3 nitrogen and oxygen atoms in total. The van der Waals surface area contributed by atoms with E-state index >= 15 is 0 Å². The van der Waals surface area contributed by atoms with Crippen LogP contribution >= 0.6 is 0 Å². The lowest BCUT2D eigenvalue weighted by Crippen LogP contribution is -2.39. The minimum Gasteiger partial charge on any atom is -0.356 e. The number of pyridine rings is 1. The van der Waals surface area contributed by atoms with E-state index in [4.69, 9.17) is 4.98 Å². The third-order valence-electron chi connectivity index (χ3n) is 4.98. The number of para-hydroxylation sites is 1. The van der Waals surface area contributed by atoms with E-state index in [2.05, 4.69) is 18.7 Å². The Morgan fingerprint density at radius 1 is 1.29 bits per heavy atom. The molecule has 0 atom stereocenters. The van der Waals surface area contributed by atoms with Crippen LogP contribution in [0.2, 0.25) is 0 Å². The first-order valence-corrected chi connectivity index (χ1v) is 7.75. The van der Waals surface area contributed by atoms with Gasteiger partial charge < -0.3 is 4.90 Å². The van der Waals surface area contributed by atoms with Crippen molar-refractivity contribution in [2.45, 2.75) is 33.1 Å². The van der Waals surface area contributed by atoms with Crippen molar-refractivity contribution in [2.75, 3.05) is 18.0 Å². The minimum absolute atomic E-state index is 0.439. The van der Waals surface area contributed by atoms with Crippen molar-refractivity contribution in [1.82, 2.24) is 4.98 Å². The highest BCUT2D eigenvalue weighted by Gasteiger charge is 2.29. The molecule has 2 heterocycles. The van der Waals surface area contributed by atoms with Gasteiger partial charge in [-0.05, 0) is 30.4 Å². The number of fused-ring (bicyclic) bond motifs is 1. The lowest BCUT2D eigenvalue weighted by molar-refractivity contribution is 0.112. The molecule has 1 aliphatic heterocycles. The summed E-state index contributed by atoms with van der Waals surface area (Å²) in [7, 11) is 0. The summed E-state index contributed by atoms with van der Waals surface area (Å²) in [5, 5.41) is 1.03. The number of aldehydes is 1. The van der Waals surface area contributed by atoms with Crippen LogP contribution in [0.3, 0.4) is 0 Å². The summed E-state index contributed by atoms with van der Waals surface area (Å²) >= 11 is 0. The highest BCUT2D eigenvalue weighted by molar-refractivity contribution is 5.91. The number of carbonyl (C=O) groups is 1. The Labute approximate surface area is 126 Å². The number of aromatic nitrogens is 1. The molecule has 0 amide bonds. The molecule has 0 saturated carbocycles. The van der Waals surface area contributed by atoms with Gasteiger partial charge >= 0.3 is 0 Å². The second kappa shape index (κ2) is 5.47. The van der Waals surface area contributed by atoms with Crippen LogP contribution < -0.4 is 4.90 Å². The maximum absolute atomic E-state index is 11.4. The third-order valence-corrected chi connectivity index (χ3v) is 4.98. The van der Waals surface area contributed by atoms with Crippen LogP contribution in [0.1, 0.15) is 43.5 Å². The van der Waals surface area contributed by atoms with E-state index in [0.29, 0.717) is 11.0 Å². The molecule has 0 bridgehead atoms. The Kier molecular flexibility index (Phi) is 3.66. The van der Waals surface area contributed by atoms with Gasteiger partial charge in [0.15, 0.2) is 6.29 Å². The van der Waals surface area contributed by atoms with Crippen molar-refractivity contribution in [1.29, 1.82) is 0 Å². The highest BCUT2D eigenvalue weighted by atomic mass is 16.1. The number of anilines is 1. The van der Waals surface area contributed by atoms with Gasteiger partial charge in [0, 0.05) is 18.5 Å². The molecule has 3 rings (SSSR count). The highest BCUT2D eigenvalue weighted by Crippen LogP contribution is 2.36. The monoisotopic (exact) mass is 282 g/mol. The second-order valence-electron chi connectivity index (χ2n) is 6.36. The standard InChI is InChI=1S/C18H22N2O/c1-3-18(2)8-10-20(11-9-18)17-15(13-21)12-14-6-4-5-7-16(14)19-17/h4-7,12-13H,3,8-11H2,1-2H3. The lowest BCUT2D eigenvalue weighted by Gasteiger charge is -2.39. The molecular formula is C18H22N2O. The van der Waals surface area contributed by atoms with Gasteiger partial charge in [0.1, 0.15) is 5.82 Å². The Balaban J connectivity index is 1.95. The molecule has 21 heavy (non-hydrogen) atoms. The van der Waals surface area contributed by atoms with Crippen LogP contribution in [-0.4, -0.2) is 24.4 Å². The fourth-order valence-corrected chi connectivity index (χ4v) is 3.07. The SMILES string of the molecule is CCC1(C)CCN(c2nc3ccccc3cc2C=O)CC1. The number of piperidine rings is 1. The molecule has 2 aromatic rings. The summed E-state index contributed by atoms with van der Waals surface area (Å²) in [6, 6.07) is 9.94. The van der Waals surface area contributed by atoms with E-state index in [-0.39, 0.29) is 0 Å². The van der Waals surface area contributed by atoms with Crippen molar-refractivity contribution in [2.24, 2.45) is 5.41 Å². The van der Waals surface area contributed by atoms with Gasteiger partial charge in [0.2, 0.25) is 0 Å². The van der Waals surface area contributed by atoms with Crippen LogP contribution in [0.25, 0.3) is 10.9 Å². The third kappa shape index (κ3) is 2.65. The Bertz CT molecular complexity index is 657. The van der Waals surface area contributed by atoms with Crippen LogP contribution in [0.4, 0.5) is 5.82 Å². The van der Waals surface area contributed by atoms with Gasteiger partial charge in [-0.3, -0.25) is 4.79 Å². The summed E-state index contributed by atoms with van der Waals surface area (Å²) in [5.41, 5.74) is 2.10. The Morgan fingerprint density at radius 2 is 2.00 bits per heavy atom. The summed E-state index contributed by atoms with van der Waals surface area (Å²) < 4.78 is 0. The average molecular weight is 282 g/mol. The second-order valence-corrected chi connectivity index (χ2v) is 6.36. The van der Waals surface area contributed by atoms with Gasteiger partial charge in [-0.15, -0.1) is 0 Å². The van der Waals surface area contributed by atoms with E-state index in [1.165, 1.54) is 6.42 Å². The molecule has 0 N–H and O–H groups in total. The Morgan fingerprint density at radius 3 is 2.67 bits per heavy atom. The van der Waals surface area contributed by atoms with Gasteiger partial charge in [-0.2, -0.15) is 0 Å². The summed E-state index contributed by atoms with van der Waals surface area (Å²) in [4.78, 5) is 18.4. The minimum atomic E-state index is 0.439.